The van der Waals surface area contributed by atoms with Crippen molar-refractivity contribution in [2.45, 2.75) is 19.4 Å². The molecule has 0 radical (unpaired) electrons. The highest BCUT2D eigenvalue weighted by molar-refractivity contribution is 7.91. The number of aromatic nitrogens is 1. The second-order valence-electron chi connectivity index (χ2n) is 4.59. The number of carbonyl (C=O) groups excluding carboxylic acids is 1. The Balaban J connectivity index is 2.24. The summed E-state index contributed by atoms with van der Waals surface area (Å²) in [6.07, 6.45) is 1.98. The van der Waals surface area contributed by atoms with E-state index in [1.807, 2.05) is 6.92 Å². The maximum atomic E-state index is 12.4. The molecule has 7 heteroatoms. The van der Waals surface area contributed by atoms with Gasteiger partial charge in [0.1, 0.15) is 0 Å². The maximum Gasteiger partial charge on any atom is 0.274 e. The number of nitrogen functional groups attached to an aromatic ring is 1. The molecule has 1 aliphatic heterocycles. The van der Waals surface area contributed by atoms with Crippen molar-refractivity contribution in [3.8, 4) is 0 Å². The van der Waals surface area contributed by atoms with Gasteiger partial charge in [-0.1, -0.05) is 0 Å². The molecule has 2 N–H and O–H groups in total. The fourth-order valence-corrected chi connectivity index (χ4v) is 4.05. The van der Waals surface area contributed by atoms with Gasteiger partial charge in [0, 0.05) is 18.8 Å². The van der Waals surface area contributed by atoms with Crippen molar-refractivity contribution < 1.29 is 13.2 Å². The van der Waals surface area contributed by atoms with E-state index < -0.39 is 9.84 Å². The third-order valence-electron chi connectivity index (χ3n) is 3.29. The summed E-state index contributed by atoms with van der Waals surface area (Å²) < 4.78 is 23.0. The summed E-state index contributed by atoms with van der Waals surface area (Å²) in [5.74, 6) is -0.138. The Hall–Kier alpha value is -1.63. The topological polar surface area (TPSA) is 93.4 Å². The first-order valence-corrected chi connectivity index (χ1v) is 7.98. The van der Waals surface area contributed by atoms with Gasteiger partial charge in [-0.3, -0.25) is 4.79 Å². The summed E-state index contributed by atoms with van der Waals surface area (Å²) in [6, 6.07) is 2.99. The molecule has 0 bridgehead atoms. The van der Waals surface area contributed by atoms with Crippen molar-refractivity contribution in [1.29, 1.82) is 0 Å². The molecule has 0 spiro atoms. The number of anilines is 1. The smallest absolute Gasteiger partial charge is 0.274 e. The zero-order valence-corrected chi connectivity index (χ0v) is 11.6. The largest absolute Gasteiger partial charge is 0.397 e. The highest BCUT2D eigenvalue weighted by Gasteiger charge is 2.34. The molecule has 2 rings (SSSR count). The van der Waals surface area contributed by atoms with Crippen LogP contribution in [0.15, 0.2) is 18.3 Å². The van der Waals surface area contributed by atoms with Gasteiger partial charge < -0.3 is 10.6 Å². The van der Waals surface area contributed by atoms with E-state index in [0.29, 0.717) is 18.7 Å². The standard InChI is InChI=1S/C12H17N3O3S/c1-2-15(9-5-7-19(17,18)8-9)12(16)11-10(13)4-3-6-14-11/h3-4,6,9H,2,5,7-8,13H2,1H3. The Kier molecular flexibility index (Phi) is 3.75. The van der Waals surface area contributed by atoms with Gasteiger partial charge in [-0.2, -0.15) is 0 Å². The lowest BCUT2D eigenvalue weighted by atomic mass is 10.2. The molecule has 1 fully saturated rings. The van der Waals surface area contributed by atoms with E-state index in [9.17, 15) is 13.2 Å². The SMILES string of the molecule is CCN(C(=O)c1ncccc1N)C1CCS(=O)(=O)C1. The molecule has 1 aliphatic rings. The molecular formula is C12H17N3O3S. The lowest BCUT2D eigenvalue weighted by molar-refractivity contribution is 0.0703. The molecule has 104 valence electrons. The van der Waals surface area contributed by atoms with Crippen LogP contribution in [-0.2, 0) is 9.84 Å². The average Bonchev–Trinajstić information content (AvgIpc) is 2.71. The zero-order chi connectivity index (χ0) is 14.0. The highest BCUT2D eigenvalue weighted by atomic mass is 32.2. The number of nitrogens with zero attached hydrogens (tertiary/aromatic N) is 2. The number of carbonyl (C=O) groups is 1. The van der Waals surface area contributed by atoms with Crippen LogP contribution < -0.4 is 5.73 Å². The molecule has 1 unspecified atom stereocenters. The minimum atomic E-state index is -3.02. The second kappa shape index (κ2) is 5.16. The molecule has 1 amide bonds. The van der Waals surface area contributed by atoms with E-state index in [1.165, 1.54) is 6.20 Å². The third kappa shape index (κ3) is 2.86. The normalized spacial score (nSPS) is 21.2. The summed E-state index contributed by atoms with van der Waals surface area (Å²) >= 11 is 0. The summed E-state index contributed by atoms with van der Waals surface area (Å²) in [4.78, 5) is 17.9. The number of nitrogens with two attached hydrogens (primary N) is 1. The Morgan fingerprint density at radius 1 is 1.58 bits per heavy atom. The first-order chi connectivity index (χ1) is 8.94. The fraction of sp³-hybridized carbons (Fsp3) is 0.500. The Bertz CT molecular complexity index is 586. The molecule has 1 aromatic rings. The first kappa shape index (κ1) is 13.8. The molecule has 19 heavy (non-hydrogen) atoms. The molecular weight excluding hydrogens is 266 g/mol. The number of pyridine rings is 1. The van der Waals surface area contributed by atoms with Crippen molar-refractivity contribution in [3.63, 3.8) is 0 Å². The van der Waals surface area contributed by atoms with Crippen LogP contribution >= 0.6 is 0 Å². The minimum absolute atomic E-state index is 0.0271. The van der Waals surface area contributed by atoms with E-state index in [-0.39, 0.29) is 29.1 Å². The molecule has 1 atom stereocenters. The number of hydrogen-bond donors (Lipinski definition) is 1. The Morgan fingerprint density at radius 2 is 2.32 bits per heavy atom. The van der Waals surface area contributed by atoms with Crippen LogP contribution in [-0.4, -0.2) is 48.3 Å². The molecule has 6 nitrogen and oxygen atoms in total. The van der Waals surface area contributed by atoms with Crippen molar-refractivity contribution >= 4 is 21.4 Å². The molecule has 0 aromatic carbocycles. The van der Waals surface area contributed by atoms with Crippen molar-refractivity contribution in [2.75, 3.05) is 23.8 Å². The van der Waals surface area contributed by atoms with Crippen molar-refractivity contribution in [2.24, 2.45) is 0 Å². The van der Waals surface area contributed by atoms with E-state index in [4.69, 9.17) is 5.73 Å². The van der Waals surface area contributed by atoms with Gasteiger partial charge in [0.2, 0.25) is 0 Å². The van der Waals surface area contributed by atoms with Crippen LogP contribution in [0.4, 0.5) is 5.69 Å². The van der Waals surface area contributed by atoms with Gasteiger partial charge in [-0.15, -0.1) is 0 Å². The van der Waals surface area contributed by atoms with Gasteiger partial charge in [-0.05, 0) is 25.5 Å². The van der Waals surface area contributed by atoms with Crippen LogP contribution in [0.3, 0.4) is 0 Å². The first-order valence-electron chi connectivity index (χ1n) is 6.16. The lowest BCUT2D eigenvalue weighted by Crippen LogP contribution is -2.41. The zero-order valence-electron chi connectivity index (χ0n) is 10.7. The fourth-order valence-electron chi connectivity index (χ4n) is 2.32. The number of sulfone groups is 1. The monoisotopic (exact) mass is 283 g/mol. The number of hydrogen-bond acceptors (Lipinski definition) is 5. The van der Waals surface area contributed by atoms with Crippen LogP contribution in [0.25, 0.3) is 0 Å². The van der Waals surface area contributed by atoms with E-state index in [0.717, 1.165) is 0 Å². The lowest BCUT2D eigenvalue weighted by Gasteiger charge is -2.26. The Morgan fingerprint density at radius 3 is 2.84 bits per heavy atom. The summed E-state index contributed by atoms with van der Waals surface area (Å²) in [7, 11) is -3.02. The average molecular weight is 283 g/mol. The van der Waals surface area contributed by atoms with Gasteiger partial charge in [0.05, 0.1) is 17.2 Å². The summed E-state index contributed by atoms with van der Waals surface area (Å²) in [6.45, 7) is 2.26. The van der Waals surface area contributed by atoms with Crippen molar-refractivity contribution in [3.05, 3.63) is 24.0 Å². The van der Waals surface area contributed by atoms with Crippen LogP contribution in [0.5, 0.6) is 0 Å². The maximum absolute atomic E-state index is 12.4. The summed E-state index contributed by atoms with van der Waals surface area (Å²) in [5, 5.41) is 0. The van der Waals surface area contributed by atoms with Crippen LogP contribution in [0, 0.1) is 0 Å². The molecule has 1 saturated heterocycles. The quantitative estimate of drug-likeness (QED) is 0.862. The molecule has 2 heterocycles. The van der Waals surface area contributed by atoms with Gasteiger partial charge >= 0.3 is 0 Å². The second-order valence-corrected chi connectivity index (χ2v) is 6.82. The van der Waals surface area contributed by atoms with Gasteiger partial charge in [-0.25, -0.2) is 13.4 Å². The minimum Gasteiger partial charge on any atom is -0.397 e. The predicted octanol–water partition coefficient (Wildman–Crippen LogP) is 0.313. The predicted molar refractivity (Wildman–Crippen MR) is 72.4 cm³/mol. The molecule has 1 aromatic heterocycles. The van der Waals surface area contributed by atoms with Gasteiger partial charge in [0.25, 0.3) is 5.91 Å². The van der Waals surface area contributed by atoms with E-state index in [2.05, 4.69) is 4.98 Å². The van der Waals surface area contributed by atoms with Crippen LogP contribution in [0.1, 0.15) is 23.8 Å². The van der Waals surface area contributed by atoms with E-state index in [1.54, 1.807) is 17.0 Å². The van der Waals surface area contributed by atoms with Crippen molar-refractivity contribution in [1.82, 2.24) is 9.88 Å². The van der Waals surface area contributed by atoms with E-state index >= 15 is 0 Å². The molecule has 0 aliphatic carbocycles. The molecule has 0 saturated carbocycles. The number of amides is 1. The number of rotatable bonds is 3. The van der Waals surface area contributed by atoms with Crippen LogP contribution in [0.2, 0.25) is 0 Å². The third-order valence-corrected chi connectivity index (χ3v) is 5.04. The summed E-state index contributed by atoms with van der Waals surface area (Å²) in [5.41, 5.74) is 6.24. The highest BCUT2D eigenvalue weighted by Crippen LogP contribution is 2.20. The Labute approximate surface area is 112 Å². The van der Waals surface area contributed by atoms with Gasteiger partial charge in [0.15, 0.2) is 15.5 Å².